The molecule has 0 aliphatic rings. The smallest absolute Gasteiger partial charge is 0.228 e. The van der Waals surface area contributed by atoms with Crippen molar-refractivity contribution in [3.05, 3.63) is 53.6 Å². The van der Waals surface area contributed by atoms with Crippen LogP contribution < -0.4 is 16.0 Å². The molecule has 0 saturated heterocycles. The minimum atomic E-state index is -1.79. The topological polar surface area (TPSA) is 77.9 Å². The number of aryl methyl sites for hydroxylation is 2. The van der Waals surface area contributed by atoms with Gasteiger partial charge in [0.1, 0.15) is 6.17 Å². The molecule has 0 aliphatic carbocycles. The van der Waals surface area contributed by atoms with E-state index >= 15 is 0 Å². The molecule has 0 bridgehead atoms. The first-order valence-corrected chi connectivity index (χ1v) is 10.1. The summed E-state index contributed by atoms with van der Waals surface area (Å²) in [5.41, 5.74) is 4.19. The molecule has 10 heteroatoms. The number of azo groups is 1. The van der Waals surface area contributed by atoms with Crippen LogP contribution in [0.25, 0.3) is 0 Å². The summed E-state index contributed by atoms with van der Waals surface area (Å²) in [6.45, 7) is 5.19. The molecule has 6 nitrogen and oxygen atoms in total. The number of hydrogen-bond donors (Lipinski definition) is 3. The van der Waals surface area contributed by atoms with Crippen LogP contribution in [-0.4, -0.2) is 21.0 Å². The van der Waals surface area contributed by atoms with Gasteiger partial charge in [0.05, 0.1) is 11.4 Å². The van der Waals surface area contributed by atoms with Crippen molar-refractivity contribution < 1.29 is 4.79 Å². The van der Waals surface area contributed by atoms with E-state index in [2.05, 4.69) is 26.2 Å². The Kier molecular flexibility index (Phi) is 8.22. The van der Waals surface area contributed by atoms with Gasteiger partial charge in [0.15, 0.2) is 5.11 Å². The third-order valence-electron chi connectivity index (χ3n) is 3.80. The molecule has 0 radical (unpaired) electrons. The van der Waals surface area contributed by atoms with E-state index < -0.39 is 9.96 Å². The number of carbonyl (C=O) groups excluding carboxylic acids is 1. The monoisotopic (exact) mass is 471 g/mol. The summed E-state index contributed by atoms with van der Waals surface area (Å²) in [5.74, 6) is -0.365. The maximum Gasteiger partial charge on any atom is 0.228 e. The van der Waals surface area contributed by atoms with Gasteiger partial charge in [0, 0.05) is 12.6 Å². The van der Waals surface area contributed by atoms with Crippen LogP contribution in [0.3, 0.4) is 0 Å². The van der Waals surface area contributed by atoms with Crippen molar-refractivity contribution in [1.82, 2.24) is 10.6 Å². The molecule has 2 aromatic carbocycles. The minimum Gasteiger partial charge on any atom is -0.339 e. The van der Waals surface area contributed by atoms with Crippen molar-refractivity contribution in [3.8, 4) is 0 Å². The normalized spacial score (nSPS) is 12.5. The van der Waals surface area contributed by atoms with Crippen LogP contribution in [0.4, 0.5) is 17.1 Å². The van der Waals surface area contributed by atoms with Gasteiger partial charge in [0.25, 0.3) is 0 Å². The number of nitrogens with one attached hydrogen (secondary N) is 3. The molecular formula is C19H20Cl3N5OS. The van der Waals surface area contributed by atoms with Gasteiger partial charge in [0.2, 0.25) is 9.70 Å². The SMILES string of the molecule is CC(=O)N[C@@H](NC(=S)Nc1ccc(N=Nc2ccccc2C)cc1C)C(Cl)(Cl)Cl. The van der Waals surface area contributed by atoms with Crippen LogP contribution >= 0.6 is 47.0 Å². The molecule has 1 atom stereocenters. The van der Waals surface area contributed by atoms with Crippen molar-refractivity contribution in [2.45, 2.75) is 30.7 Å². The van der Waals surface area contributed by atoms with Crippen LogP contribution in [0.15, 0.2) is 52.7 Å². The van der Waals surface area contributed by atoms with Crippen LogP contribution in [0.5, 0.6) is 0 Å². The Morgan fingerprint density at radius 3 is 2.31 bits per heavy atom. The fraction of sp³-hybridized carbons (Fsp3) is 0.263. The summed E-state index contributed by atoms with van der Waals surface area (Å²) in [4.78, 5) is 11.3. The van der Waals surface area contributed by atoms with Gasteiger partial charge < -0.3 is 16.0 Å². The van der Waals surface area contributed by atoms with Crippen molar-refractivity contribution >= 4 is 75.1 Å². The van der Waals surface area contributed by atoms with E-state index in [0.717, 1.165) is 22.5 Å². The Morgan fingerprint density at radius 1 is 1.03 bits per heavy atom. The predicted octanol–water partition coefficient (Wildman–Crippen LogP) is 5.84. The molecule has 154 valence electrons. The number of halogens is 3. The van der Waals surface area contributed by atoms with Gasteiger partial charge in [-0.25, -0.2) is 0 Å². The standard InChI is InChI=1S/C19H20Cl3N5OS/c1-11-6-4-5-7-16(11)27-26-14-8-9-15(12(2)10-14)24-18(29)25-17(19(20,21)22)23-13(3)28/h4-10,17H,1-3H3,(H,23,28)(H2,24,25,29)/t17-/m0/s1. The highest BCUT2D eigenvalue weighted by atomic mass is 35.6. The number of anilines is 1. The summed E-state index contributed by atoms with van der Waals surface area (Å²) >= 11 is 22.9. The molecule has 2 aromatic rings. The number of thiocarbonyl (C=S) groups is 1. The third-order valence-corrected chi connectivity index (χ3v) is 4.67. The van der Waals surface area contributed by atoms with Crippen LogP contribution in [-0.2, 0) is 4.79 Å². The first kappa shape index (κ1) is 23.3. The second-order valence-corrected chi connectivity index (χ2v) is 9.04. The van der Waals surface area contributed by atoms with Crippen molar-refractivity contribution in [3.63, 3.8) is 0 Å². The van der Waals surface area contributed by atoms with E-state index in [-0.39, 0.29) is 11.0 Å². The molecule has 1 amide bonds. The van der Waals surface area contributed by atoms with Crippen molar-refractivity contribution in [2.24, 2.45) is 10.2 Å². The maximum atomic E-state index is 11.3. The summed E-state index contributed by atoms with van der Waals surface area (Å²) < 4.78 is -1.79. The van der Waals surface area contributed by atoms with Gasteiger partial charge >= 0.3 is 0 Å². The molecule has 0 aromatic heterocycles. The number of alkyl halides is 3. The minimum absolute atomic E-state index is 0.187. The summed E-state index contributed by atoms with van der Waals surface area (Å²) in [7, 11) is 0. The lowest BCUT2D eigenvalue weighted by Crippen LogP contribution is -2.55. The molecule has 0 unspecified atom stereocenters. The second kappa shape index (κ2) is 10.2. The van der Waals surface area contributed by atoms with Gasteiger partial charge in [-0.05, 0) is 61.5 Å². The number of benzene rings is 2. The van der Waals surface area contributed by atoms with E-state index in [0.29, 0.717) is 5.69 Å². The highest BCUT2D eigenvalue weighted by Crippen LogP contribution is 2.29. The van der Waals surface area contributed by atoms with E-state index in [4.69, 9.17) is 47.0 Å². The molecule has 29 heavy (non-hydrogen) atoms. The Balaban J connectivity index is 2.07. The molecular weight excluding hydrogens is 453 g/mol. The largest absolute Gasteiger partial charge is 0.339 e. The quantitative estimate of drug-likeness (QED) is 0.221. The zero-order valence-corrected chi connectivity index (χ0v) is 19.0. The highest BCUT2D eigenvalue weighted by molar-refractivity contribution is 7.80. The third kappa shape index (κ3) is 7.44. The van der Waals surface area contributed by atoms with E-state index in [9.17, 15) is 4.79 Å². The number of hydrogen-bond acceptors (Lipinski definition) is 4. The Labute approximate surface area is 190 Å². The van der Waals surface area contributed by atoms with E-state index in [1.807, 2.05) is 50.2 Å². The lowest BCUT2D eigenvalue weighted by molar-refractivity contribution is -0.119. The summed E-state index contributed by atoms with van der Waals surface area (Å²) in [6, 6.07) is 13.2. The Morgan fingerprint density at radius 2 is 1.72 bits per heavy atom. The molecule has 0 heterocycles. The maximum absolute atomic E-state index is 11.3. The van der Waals surface area contributed by atoms with Gasteiger partial charge in [-0.15, -0.1) is 0 Å². The van der Waals surface area contributed by atoms with Gasteiger partial charge in [-0.3, -0.25) is 4.79 Å². The van der Waals surface area contributed by atoms with Crippen LogP contribution in [0.2, 0.25) is 0 Å². The van der Waals surface area contributed by atoms with Crippen molar-refractivity contribution in [1.29, 1.82) is 0 Å². The molecule has 2 rings (SSSR count). The van der Waals surface area contributed by atoms with Crippen molar-refractivity contribution in [2.75, 3.05) is 5.32 Å². The molecule has 0 aliphatic heterocycles. The average molecular weight is 473 g/mol. The summed E-state index contributed by atoms with van der Waals surface area (Å²) in [5, 5.41) is 17.0. The molecule has 0 fully saturated rings. The predicted molar refractivity (Wildman–Crippen MR) is 124 cm³/mol. The van der Waals surface area contributed by atoms with Crippen LogP contribution in [0, 0.1) is 13.8 Å². The van der Waals surface area contributed by atoms with Crippen LogP contribution in [0.1, 0.15) is 18.1 Å². The number of nitrogens with zero attached hydrogens (tertiary/aromatic N) is 2. The van der Waals surface area contributed by atoms with E-state index in [1.165, 1.54) is 6.92 Å². The average Bonchev–Trinajstić information content (AvgIpc) is 2.61. The first-order valence-electron chi connectivity index (χ1n) is 8.55. The Bertz CT molecular complexity index is 930. The lowest BCUT2D eigenvalue weighted by atomic mass is 10.2. The Hall–Kier alpha value is -1.93. The zero-order valence-electron chi connectivity index (χ0n) is 16.0. The van der Waals surface area contributed by atoms with Gasteiger partial charge in [-0.1, -0.05) is 53.0 Å². The molecule has 0 spiro atoms. The van der Waals surface area contributed by atoms with E-state index in [1.54, 1.807) is 6.07 Å². The fourth-order valence-electron chi connectivity index (χ4n) is 2.33. The summed E-state index contributed by atoms with van der Waals surface area (Å²) in [6.07, 6.45) is -0.993. The number of carbonyl (C=O) groups is 1. The number of amides is 1. The highest BCUT2D eigenvalue weighted by Gasteiger charge is 2.34. The lowest BCUT2D eigenvalue weighted by Gasteiger charge is -2.27. The second-order valence-electron chi connectivity index (χ2n) is 6.26. The molecule has 0 saturated carbocycles. The fourth-order valence-corrected chi connectivity index (χ4v) is 2.89. The molecule has 3 N–H and O–H groups in total. The zero-order chi connectivity index (χ0) is 21.6. The van der Waals surface area contributed by atoms with Gasteiger partial charge in [-0.2, -0.15) is 10.2 Å². The first-order chi connectivity index (χ1) is 13.6. The number of rotatable bonds is 5.